The van der Waals surface area contributed by atoms with Gasteiger partial charge in [0.25, 0.3) is 0 Å². The molecule has 0 rings (SSSR count). The standard InChI is InChI=1S/C79H128O17P2/c1-5-9-13-17-21-25-29-33-35-36-38-42-44-48-52-56-60-64-77(82)90-70-75(96-79(84)66-62-58-54-50-46-40-32-28-24-20-16-12-8-4)72-94-98(87,88)92-68-73(80)67-91-97(85,86)93-71-74(95-78(83)65-61-57-53-49-45-39-31-27-23-19-15-11-7-3)69-89-76(81)63-59-55-51-47-43-41-37-34-30-26-22-18-14-10-6-2/h9-10,13-14,16,20-22,25-28,31-35,37-38,42-43,47-48,52,55,59,73-75,80H,5-8,11-12,15,17-19,23-24,29-30,36,39-41,44-46,49-51,53-54,56-58,60-72H2,1-4H3,(H,85,86)(H,87,88)/b13-9-,14-10-,20-16-,25-21-,26-22-,31-27-,32-28-,35-33-,37-34-,42-38-,47-43-,52-48-,59-55-. The summed E-state index contributed by atoms with van der Waals surface area (Å²) in [6, 6.07) is 0. The van der Waals surface area contributed by atoms with Crippen LogP contribution in [0, 0.1) is 0 Å². The SMILES string of the molecule is CC/C=C\C/C=C\C/C=C\C/C=C\C/C=C\CCCC(=O)OCC(COP(=O)(O)OCC(O)COP(=O)(O)OCC(COC(=O)C/C=C\C/C=C\C/C=C\C/C=C\C/C=C\CC)OC(=O)CCCCCCC/C=C\CCCCCC)OC(=O)CCCCCCC/C=C\C/C=C\CCC. The van der Waals surface area contributed by atoms with Crippen LogP contribution in [-0.2, 0) is 65.4 Å². The van der Waals surface area contributed by atoms with Crippen molar-refractivity contribution in [3.05, 3.63) is 158 Å². The van der Waals surface area contributed by atoms with Gasteiger partial charge in [-0.25, -0.2) is 9.13 Å². The molecule has 17 nitrogen and oxygen atoms in total. The van der Waals surface area contributed by atoms with Gasteiger partial charge in [-0.2, -0.15) is 0 Å². The van der Waals surface area contributed by atoms with Crippen LogP contribution in [0.4, 0.5) is 0 Å². The summed E-state index contributed by atoms with van der Waals surface area (Å²) in [7, 11) is -10.0. The molecule has 19 heteroatoms. The minimum absolute atomic E-state index is 0.0589. The smallest absolute Gasteiger partial charge is 0.462 e. The summed E-state index contributed by atoms with van der Waals surface area (Å²) in [6.07, 6.45) is 80.0. The Morgan fingerprint density at radius 1 is 0.306 bits per heavy atom. The molecule has 0 aliphatic heterocycles. The van der Waals surface area contributed by atoms with Crippen molar-refractivity contribution in [3.8, 4) is 0 Å². The monoisotopic (exact) mass is 1410 g/mol. The normalized spacial score (nSPS) is 14.9. The summed E-state index contributed by atoms with van der Waals surface area (Å²) < 4.78 is 68.1. The molecule has 0 aromatic heterocycles. The number of carbonyl (C=O) groups excluding carboxylic acids is 4. The molecule has 0 spiro atoms. The number of allylic oxidation sites excluding steroid dienone is 25. The van der Waals surface area contributed by atoms with Crippen molar-refractivity contribution >= 4 is 39.5 Å². The molecule has 556 valence electrons. The Labute approximate surface area is 591 Å². The van der Waals surface area contributed by atoms with E-state index in [0.717, 1.165) is 148 Å². The van der Waals surface area contributed by atoms with Gasteiger partial charge >= 0.3 is 39.5 Å². The fourth-order valence-electron chi connectivity index (χ4n) is 8.95. The van der Waals surface area contributed by atoms with E-state index >= 15 is 0 Å². The molecule has 0 aliphatic rings. The zero-order valence-corrected chi connectivity index (χ0v) is 62.2. The number of unbranched alkanes of at least 4 members (excludes halogenated alkanes) is 16. The molecule has 0 aromatic rings. The van der Waals surface area contributed by atoms with Gasteiger partial charge in [-0.3, -0.25) is 37.3 Å². The number of ether oxygens (including phenoxy) is 4. The maximum absolute atomic E-state index is 13.1. The van der Waals surface area contributed by atoms with Crippen molar-refractivity contribution in [2.75, 3.05) is 39.6 Å². The molecule has 0 aromatic carbocycles. The average Bonchev–Trinajstić information content (AvgIpc) is 0.969. The van der Waals surface area contributed by atoms with Crippen molar-refractivity contribution in [2.24, 2.45) is 0 Å². The molecule has 0 saturated carbocycles. The molecule has 3 N–H and O–H groups in total. The van der Waals surface area contributed by atoms with Gasteiger partial charge < -0.3 is 33.8 Å². The molecule has 0 heterocycles. The van der Waals surface area contributed by atoms with Crippen LogP contribution in [0.15, 0.2) is 158 Å². The highest BCUT2D eigenvalue weighted by Gasteiger charge is 2.30. The van der Waals surface area contributed by atoms with Crippen LogP contribution < -0.4 is 0 Å². The molecule has 0 aliphatic carbocycles. The van der Waals surface area contributed by atoms with Crippen molar-refractivity contribution in [1.82, 2.24) is 0 Å². The zero-order chi connectivity index (χ0) is 71.8. The first-order chi connectivity index (χ1) is 47.7. The van der Waals surface area contributed by atoms with Crippen LogP contribution in [0.5, 0.6) is 0 Å². The average molecular weight is 1410 g/mol. The van der Waals surface area contributed by atoms with E-state index in [-0.39, 0.29) is 25.7 Å². The van der Waals surface area contributed by atoms with E-state index < -0.39 is 97.5 Å². The number of aliphatic hydroxyl groups excluding tert-OH is 1. The third-order valence-electron chi connectivity index (χ3n) is 14.5. The molecule has 0 fully saturated rings. The van der Waals surface area contributed by atoms with E-state index in [1.54, 1.807) is 6.08 Å². The van der Waals surface area contributed by atoms with Gasteiger partial charge in [0.15, 0.2) is 12.2 Å². The van der Waals surface area contributed by atoms with Crippen LogP contribution in [0.3, 0.4) is 0 Å². The van der Waals surface area contributed by atoms with Crippen molar-refractivity contribution < 1.29 is 80.2 Å². The van der Waals surface area contributed by atoms with Gasteiger partial charge in [0.2, 0.25) is 0 Å². The largest absolute Gasteiger partial charge is 0.472 e. The summed E-state index contributed by atoms with van der Waals surface area (Å²) in [6.45, 7) is 4.32. The highest BCUT2D eigenvalue weighted by molar-refractivity contribution is 7.47. The minimum atomic E-state index is -5.00. The Morgan fingerprint density at radius 3 is 0.990 bits per heavy atom. The second kappa shape index (κ2) is 70.1. The Bertz CT molecular complexity index is 2480. The number of hydrogen-bond donors (Lipinski definition) is 3. The minimum Gasteiger partial charge on any atom is -0.462 e. The van der Waals surface area contributed by atoms with Crippen molar-refractivity contribution in [2.45, 2.75) is 277 Å². The fraction of sp³-hybridized carbons (Fsp3) is 0.620. The lowest BCUT2D eigenvalue weighted by Crippen LogP contribution is -2.30. The number of phosphoric acid groups is 2. The summed E-state index contributed by atoms with van der Waals surface area (Å²) >= 11 is 0. The van der Waals surface area contributed by atoms with Gasteiger partial charge in [0, 0.05) is 19.3 Å². The lowest BCUT2D eigenvalue weighted by Gasteiger charge is -2.21. The first-order valence-electron chi connectivity index (χ1n) is 36.7. The van der Waals surface area contributed by atoms with E-state index in [1.165, 1.54) is 25.7 Å². The summed E-state index contributed by atoms with van der Waals surface area (Å²) in [5, 5.41) is 10.6. The molecule has 0 amide bonds. The second-order valence-electron chi connectivity index (χ2n) is 23.8. The van der Waals surface area contributed by atoms with Crippen molar-refractivity contribution in [3.63, 3.8) is 0 Å². The van der Waals surface area contributed by atoms with Gasteiger partial charge in [0.05, 0.1) is 32.8 Å². The third kappa shape index (κ3) is 69.2. The van der Waals surface area contributed by atoms with E-state index in [0.29, 0.717) is 32.1 Å². The lowest BCUT2D eigenvalue weighted by molar-refractivity contribution is -0.161. The summed E-state index contributed by atoms with van der Waals surface area (Å²) in [5.74, 6) is -2.43. The van der Waals surface area contributed by atoms with Crippen LogP contribution >= 0.6 is 15.6 Å². The van der Waals surface area contributed by atoms with E-state index in [4.69, 9.17) is 37.0 Å². The van der Waals surface area contributed by atoms with Crippen LogP contribution in [0.25, 0.3) is 0 Å². The highest BCUT2D eigenvalue weighted by Crippen LogP contribution is 2.45. The molecule has 98 heavy (non-hydrogen) atoms. The number of phosphoric ester groups is 2. The Hall–Kier alpha value is -5.32. The highest BCUT2D eigenvalue weighted by atomic mass is 31.2. The predicted molar refractivity (Wildman–Crippen MR) is 399 cm³/mol. The van der Waals surface area contributed by atoms with Gasteiger partial charge in [-0.1, -0.05) is 250 Å². The third-order valence-corrected chi connectivity index (χ3v) is 16.4. The van der Waals surface area contributed by atoms with Gasteiger partial charge in [-0.15, -0.1) is 0 Å². The van der Waals surface area contributed by atoms with Crippen LogP contribution in [0.2, 0.25) is 0 Å². The first-order valence-corrected chi connectivity index (χ1v) is 39.7. The number of carbonyl (C=O) groups is 4. The van der Waals surface area contributed by atoms with Crippen molar-refractivity contribution in [1.29, 1.82) is 0 Å². The van der Waals surface area contributed by atoms with E-state index in [2.05, 4.69) is 149 Å². The van der Waals surface area contributed by atoms with Gasteiger partial charge in [0.1, 0.15) is 19.3 Å². The Balaban J connectivity index is 5.48. The van der Waals surface area contributed by atoms with E-state index in [9.17, 15) is 43.2 Å². The Kier molecular flexibility index (Phi) is 66.3. The Morgan fingerprint density at radius 2 is 0.602 bits per heavy atom. The topological polar surface area (TPSA) is 237 Å². The molecular weight excluding hydrogens is 1280 g/mol. The molecule has 0 bridgehead atoms. The van der Waals surface area contributed by atoms with Crippen LogP contribution in [-0.4, -0.2) is 96.7 Å². The number of rotatable bonds is 67. The van der Waals surface area contributed by atoms with E-state index in [1.807, 2.05) is 30.4 Å². The zero-order valence-electron chi connectivity index (χ0n) is 60.4. The molecule has 0 saturated heterocycles. The quantitative estimate of drug-likeness (QED) is 0.0169. The lowest BCUT2D eigenvalue weighted by atomic mass is 10.1. The summed E-state index contributed by atoms with van der Waals surface area (Å²) in [5.41, 5.74) is 0. The number of esters is 4. The molecular formula is C79H128O17P2. The maximum atomic E-state index is 13.1. The van der Waals surface area contributed by atoms with Crippen LogP contribution in [0.1, 0.15) is 259 Å². The predicted octanol–water partition coefficient (Wildman–Crippen LogP) is 20.9. The molecule has 5 unspecified atom stereocenters. The number of aliphatic hydroxyl groups is 1. The maximum Gasteiger partial charge on any atom is 0.472 e. The fourth-order valence-corrected chi connectivity index (χ4v) is 10.5. The summed E-state index contributed by atoms with van der Waals surface area (Å²) in [4.78, 5) is 72.7. The molecule has 5 atom stereocenters. The first kappa shape index (κ1) is 92.7. The molecule has 0 radical (unpaired) electrons. The second-order valence-corrected chi connectivity index (χ2v) is 26.7. The van der Waals surface area contributed by atoms with Gasteiger partial charge in [-0.05, 0) is 141 Å². The number of hydrogen-bond acceptors (Lipinski definition) is 15.